The number of hydrogen-bond donors (Lipinski definition) is 1. The van der Waals surface area contributed by atoms with Crippen molar-refractivity contribution in [2.75, 3.05) is 5.32 Å². The topological polar surface area (TPSA) is 52.9 Å². The Morgan fingerprint density at radius 1 is 0.923 bits per heavy atom. The van der Waals surface area contributed by atoms with Gasteiger partial charge in [-0.2, -0.15) is 31.6 Å². The van der Waals surface area contributed by atoms with Crippen molar-refractivity contribution in [3.8, 4) is 6.07 Å². The Bertz CT molecular complexity index is 815. The van der Waals surface area contributed by atoms with Gasteiger partial charge in [0.2, 0.25) is 0 Å². The molecule has 1 amide bonds. The number of carbonyl (C=O) groups is 1. The lowest BCUT2D eigenvalue weighted by Crippen LogP contribution is -2.17. The molecule has 2 aromatic rings. The van der Waals surface area contributed by atoms with Crippen molar-refractivity contribution in [3.63, 3.8) is 0 Å². The van der Waals surface area contributed by atoms with Crippen LogP contribution in [-0.2, 0) is 18.8 Å². The predicted molar refractivity (Wildman–Crippen MR) is 80.2 cm³/mol. The Balaban J connectivity index is 2.34. The fraction of sp³-hybridized carbons (Fsp3) is 0.176. The lowest BCUT2D eigenvalue weighted by atomic mass is 10.0. The number of amides is 1. The minimum Gasteiger partial charge on any atom is -0.322 e. The molecule has 0 radical (unpaired) electrons. The van der Waals surface area contributed by atoms with Gasteiger partial charge >= 0.3 is 12.4 Å². The highest BCUT2D eigenvalue weighted by Crippen LogP contribution is 2.36. The molecule has 0 spiro atoms. The van der Waals surface area contributed by atoms with Crippen molar-refractivity contribution in [1.29, 1.82) is 5.26 Å². The molecule has 0 atom stereocenters. The van der Waals surface area contributed by atoms with Gasteiger partial charge in [0.1, 0.15) is 0 Å². The molecule has 0 saturated heterocycles. The van der Waals surface area contributed by atoms with Crippen molar-refractivity contribution >= 4 is 11.6 Å². The molecular formula is C17H10F6N2O. The summed E-state index contributed by atoms with van der Waals surface area (Å²) in [5.74, 6) is -1.12. The average molecular weight is 372 g/mol. The largest absolute Gasteiger partial charge is 0.416 e. The second-order valence-electron chi connectivity index (χ2n) is 5.28. The summed E-state index contributed by atoms with van der Waals surface area (Å²) in [4.78, 5) is 12.1. The highest BCUT2D eigenvalue weighted by Gasteiger charge is 2.37. The van der Waals surface area contributed by atoms with Crippen LogP contribution in [0.25, 0.3) is 0 Å². The average Bonchev–Trinajstić information content (AvgIpc) is 2.55. The first-order chi connectivity index (χ1) is 12.0. The molecule has 0 bridgehead atoms. The number of benzene rings is 2. The molecule has 2 rings (SSSR count). The third-order valence-electron chi connectivity index (χ3n) is 3.34. The molecule has 26 heavy (non-hydrogen) atoms. The number of hydrogen-bond acceptors (Lipinski definition) is 2. The quantitative estimate of drug-likeness (QED) is 0.768. The van der Waals surface area contributed by atoms with Crippen LogP contribution in [0.3, 0.4) is 0 Å². The number of nitrogens with zero attached hydrogens (tertiary/aromatic N) is 1. The van der Waals surface area contributed by atoms with E-state index in [1.54, 1.807) is 0 Å². The third-order valence-corrected chi connectivity index (χ3v) is 3.34. The van der Waals surface area contributed by atoms with E-state index in [1.807, 2.05) is 6.07 Å². The standard InChI is InChI=1S/C17H10F6N2O/c18-16(19,20)12-7-11(8-13(9-12)17(21,22)23)15(26)25-14-3-1-10(2-4-14)5-6-24/h1-4,7-9H,5H2,(H,25,26). The van der Waals surface area contributed by atoms with E-state index in [-0.39, 0.29) is 18.2 Å². The van der Waals surface area contributed by atoms with E-state index < -0.39 is 35.0 Å². The van der Waals surface area contributed by atoms with Crippen molar-refractivity contribution in [1.82, 2.24) is 0 Å². The maximum Gasteiger partial charge on any atom is 0.416 e. The highest BCUT2D eigenvalue weighted by molar-refractivity contribution is 6.04. The van der Waals surface area contributed by atoms with Crippen LogP contribution in [0.1, 0.15) is 27.0 Å². The van der Waals surface area contributed by atoms with Crippen LogP contribution in [0, 0.1) is 11.3 Å². The van der Waals surface area contributed by atoms with Crippen LogP contribution in [0.2, 0.25) is 0 Å². The zero-order valence-electron chi connectivity index (χ0n) is 12.9. The number of carbonyl (C=O) groups excluding carboxylic acids is 1. The van der Waals surface area contributed by atoms with E-state index >= 15 is 0 Å². The minimum atomic E-state index is -5.03. The number of rotatable bonds is 3. The van der Waals surface area contributed by atoms with Gasteiger partial charge in [-0.05, 0) is 35.9 Å². The lowest BCUT2D eigenvalue weighted by molar-refractivity contribution is -0.143. The molecule has 0 fully saturated rings. The molecule has 0 heterocycles. The number of alkyl halides is 6. The molecule has 1 N–H and O–H groups in total. The summed E-state index contributed by atoms with van der Waals surface area (Å²) in [5, 5.41) is 10.8. The molecule has 0 aromatic heterocycles. The van der Waals surface area contributed by atoms with Gasteiger partial charge in [-0.1, -0.05) is 12.1 Å². The second kappa shape index (κ2) is 7.07. The van der Waals surface area contributed by atoms with Crippen molar-refractivity contribution in [2.24, 2.45) is 0 Å². The Labute approximate surface area is 143 Å². The van der Waals surface area contributed by atoms with Crippen LogP contribution in [0.5, 0.6) is 0 Å². The molecule has 0 aliphatic carbocycles. The van der Waals surface area contributed by atoms with Gasteiger partial charge in [-0.15, -0.1) is 0 Å². The Morgan fingerprint density at radius 2 is 1.42 bits per heavy atom. The van der Waals surface area contributed by atoms with Crippen LogP contribution in [0.15, 0.2) is 42.5 Å². The number of nitriles is 1. The molecule has 0 unspecified atom stereocenters. The van der Waals surface area contributed by atoms with Gasteiger partial charge in [-0.25, -0.2) is 0 Å². The zero-order chi connectivity index (χ0) is 19.5. The number of halogens is 6. The van der Waals surface area contributed by atoms with Gasteiger partial charge < -0.3 is 5.32 Å². The highest BCUT2D eigenvalue weighted by atomic mass is 19.4. The maximum atomic E-state index is 12.8. The fourth-order valence-electron chi connectivity index (χ4n) is 2.09. The lowest BCUT2D eigenvalue weighted by Gasteiger charge is -2.14. The van der Waals surface area contributed by atoms with E-state index in [0.717, 1.165) is 0 Å². The van der Waals surface area contributed by atoms with Crippen molar-refractivity contribution in [3.05, 3.63) is 64.7 Å². The first-order valence-corrected chi connectivity index (χ1v) is 7.07. The molecular weight excluding hydrogens is 362 g/mol. The van der Waals surface area contributed by atoms with Gasteiger partial charge in [0.15, 0.2) is 0 Å². The molecule has 136 valence electrons. The summed E-state index contributed by atoms with van der Waals surface area (Å²) in [7, 11) is 0. The summed E-state index contributed by atoms with van der Waals surface area (Å²) >= 11 is 0. The van der Waals surface area contributed by atoms with E-state index in [9.17, 15) is 31.1 Å². The van der Waals surface area contributed by atoms with Gasteiger partial charge in [0.05, 0.1) is 23.6 Å². The minimum absolute atomic E-state index is 0.0482. The number of anilines is 1. The molecule has 9 heteroatoms. The van der Waals surface area contributed by atoms with Crippen molar-refractivity contribution < 1.29 is 31.1 Å². The first-order valence-electron chi connectivity index (χ1n) is 7.07. The summed E-state index contributed by atoms with van der Waals surface area (Å²) in [6.45, 7) is 0. The van der Waals surface area contributed by atoms with Crippen molar-refractivity contribution in [2.45, 2.75) is 18.8 Å². The summed E-state index contributed by atoms with van der Waals surface area (Å²) in [5.41, 5.74) is -3.09. The van der Waals surface area contributed by atoms with E-state index in [4.69, 9.17) is 5.26 Å². The Hall–Kier alpha value is -3.02. The van der Waals surface area contributed by atoms with E-state index in [2.05, 4.69) is 5.32 Å². The fourth-order valence-corrected chi connectivity index (χ4v) is 2.09. The Kier molecular flexibility index (Phi) is 5.25. The monoisotopic (exact) mass is 372 g/mol. The number of nitrogens with one attached hydrogen (secondary N) is 1. The molecule has 0 aliphatic rings. The predicted octanol–water partition coefficient (Wildman–Crippen LogP) is 5.04. The summed E-state index contributed by atoms with van der Waals surface area (Å²) < 4.78 is 76.9. The molecule has 3 nitrogen and oxygen atoms in total. The van der Waals surface area contributed by atoms with Gasteiger partial charge in [-0.3, -0.25) is 4.79 Å². The zero-order valence-corrected chi connectivity index (χ0v) is 12.9. The molecule has 0 saturated carbocycles. The molecule has 0 aliphatic heterocycles. The van der Waals surface area contributed by atoms with E-state index in [0.29, 0.717) is 17.7 Å². The van der Waals surface area contributed by atoms with Crippen LogP contribution < -0.4 is 5.32 Å². The molecule has 2 aromatic carbocycles. The first kappa shape index (κ1) is 19.3. The van der Waals surface area contributed by atoms with Crippen LogP contribution >= 0.6 is 0 Å². The maximum absolute atomic E-state index is 12.8. The summed E-state index contributed by atoms with van der Waals surface area (Å²) in [6.07, 6.45) is -9.94. The summed E-state index contributed by atoms with van der Waals surface area (Å²) in [6, 6.07) is 8.37. The van der Waals surface area contributed by atoms with Crippen LogP contribution in [-0.4, -0.2) is 5.91 Å². The SMILES string of the molecule is N#CCc1ccc(NC(=O)c2cc(C(F)(F)F)cc(C(F)(F)F)c2)cc1. The normalized spacial score (nSPS) is 11.7. The van der Waals surface area contributed by atoms with E-state index in [1.165, 1.54) is 24.3 Å². The second-order valence-corrected chi connectivity index (χ2v) is 5.28. The van der Waals surface area contributed by atoms with Gasteiger partial charge in [0.25, 0.3) is 5.91 Å². The van der Waals surface area contributed by atoms with Gasteiger partial charge in [0, 0.05) is 11.3 Å². The van der Waals surface area contributed by atoms with Crippen LogP contribution in [0.4, 0.5) is 32.0 Å². The Morgan fingerprint density at radius 3 is 1.85 bits per heavy atom. The third kappa shape index (κ3) is 4.75. The smallest absolute Gasteiger partial charge is 0.322 e.